The Labute approximate surface area is 211 Å². The lowest BCUT2D eigenvalue weighted by Crippen LogP contribution is -2.45. The molecule has 190 valence electrons. The molecule has 2 aromatic heterocycles. The smallest absolute Gasteiger partial charge is 0.165 e. The van der Waals surface area contributed by atoms with Gasteiger partial charge in [-0.25, -0.2) is 23.7 Å². The van der Waals surface area contributed by atoms with Gasteiger partial charge in [0.25, 0.3) is 0 Å². The van der Waals surface area contributed by atoms with E-state index in [1.165, 1.54) is 13.0 Å². The van der Waals surface area contributed by atoms with E-state index in [4.69, 9.17) is 4.98 Å². The summed E-state index contributed by atoms with van der Waals surface area (Å²) >= 11 is 0. The van der Waals surface area contributed by atoms with E-state index in [1.54, 1.807) is 19.1 Å². The van der Waals surface area contributed by atoms with Crippen LogP contribution in [0, 0.1) is 31.0 Å². The number of fused-ring (bicyclic) bond motifs is 1. The zero-order chi connectivity index (χ0) is 26.2. The number of nitrogens with one attached hydrogen (secondary N) is 1. The number of hydrogen-bond acceptors (Lipinski definition) is 6. The number of nitrogens with zero attached hydrogens (tertiary/aromatic N) is 5. The molecule has 1 N–H and O–H groups in total. The first kappa shape index (κ1) is 25.9. The fourth-order valence-corrected chi connectivity index (χ4v) is 5.20. The van der Waals surface area contributed by atoms with Crippen LogP contribution < -0.4 is 5.32 Å². The molecule has 36 heavy (non-hydrogen) atoms. The number of alkyl halides is 1. The number of likely N-dealkylation sites (tertiary alicyclic amines) is 1. The molecule has 1 aliphatic rings. The summed E-state index contributed by atoms with van der Waals surface area (Å²) in [7, 11) is 0. The molecule has 0 saturated carbocycles. The average molecular weight is 493 g/mol. The Morgan fingerprint density at radius 3 is 2.33 bits per heavy atom. The minimum absolute atomic E-state index is 0.0353. The minimum Gasteiger partial charge on any atom is -0.363 e. The van der Waals surface area contributed by atoms with Gasteiger partial charge in [-0.3, -0.25) is 0 Å². The molecule has 1 aromatic carbocycles. The zero-order valence-corrected chi connectivity index (χ0v) is 21.9. The van der Waals surface area contributed by atoms with E-state index < -0.39 is 23.4 Å². The summed E-state index contributed by atoms with van der Waals surface area (Å²) in [6.07, 6.45) is 0.0421. The largest absolute Gasteiger partial charge is 0.363 e. The Morgan fingerprint density at radius 1 is 1.06 bits per heavy atom. The molecule has 1 saturated heterocycles. The van der Waals surface area contributed by atoms with Crippen LogP contribution in [0.25, 0.3) is 11.0 Å². The number of rotatable bonds is 6. The first-order chi connectivity index (χ1) is 17.1. The molecular formula is C28H34F2N6. The zero-order valence-electron chi connectivity index (χ0n) is 21.9. The summed E-state index contributed by atoms with van der Waals surface area (Å²) in [6, 6.07) is 9.32. The number of anilines is 1. The number of aromatic nitrogens is 3. The molecule has 0 aliphatic carbocycles. The molecule has 0 bridgehead atoms. The first-order valence-electron chi connectivity index (χ1n) is 12.6. The van der Waals surface area contributed by atoms with Gasteiger partial charge in [0.1, 0.15) is 23.6 Å². The Kier molecular flexibility index (Phi) is 7.24. The Morgan fingerprint density at radius 2 is 1.72 bits per heavy atom. The summed E-state index contributed by atoms with van der Waals surface area (Å²) < 4.78 is 29.0. The molecule has 4 rings (SSSR count). The van der Waals surface area contributed by atoms with Crippen LogP contribution in [-0.2, 0) is 5.41 Å². The molecular weight excluding hydrogens is 458 g/mol. The van der Waals surface area contributed by atoms with Crippen molar-refractivity contribution in [3.8, 4) is 6.07 Å². The van der Waals surface area contributed by atoms with Gasteiger partial charge in [-0.05, 0) is 66.0 Å². The van der Waals surface area contributed by atoms with E-state index in [9.17, 15) is 9.65 Å². The summed E-state index contributed by atoms with van der Waals surface area (Å²) in [5.41, 5.74) is 1.96. The minimum atomic E-state index is -1.40. The van der Waals surface area contributed by atoms with Gasteiger partial charge in [-0.1, -0.05) is 18.2 Å². The number of piperidine rings is 1. The van der Waals surface area contributed by atoms with Crippen LogP contribution in [0.5, 0.6) is 0 Å². The van der Waals surface area contributed by atoms with Crippen LogP contribution in [0.15, 0.2) is 24.3 Å². The van der Waals surface area contributed by atoms with Gasteiger partial charge in [0.05, 0.1) is 22.9 Å². The van der Waals surface area contributed by atoms with Crippen LogP contribution in [0.4, 0.5) is 14.6 Å². The van der Waals surface area contributed by atoms with E-state index in [2.05, 4.69) is 40.1 Å². The van der Waals surface area contributed by atoms with Gasteiger partial charge >= 0.3 is 0 Å². The summed E-state index contributed by atoms with van der Waals surface area (Å²) in [4.78, 5) is 16.3. The molecule has 1 fully saturated rings. The predicted octanol–water partition coefficient (Wildman–Crippen LogP) is 6.25. The average Bonchev–Trinajstić information content (AvgIpc) is 2.83. The quantitative estimate of drug-likeness (QED) is 0.438. The lowest BCUT2D eigenvalue weighted by Gasteiger charge is -2.40. The molecule has 1 unspecified atom stereocenters. The van der Waals surface area contributed by atoms with Crippen LogP contribution in [0.2, 0.25) is 0 Å². The van der Waals surface area contributed by atoms with E-state index in [1.807, 2.05) is 19.9 Å². The van der Waals surface area contributed by atoms with E-state index in [0.717, 1.165) is 37.2 Å². The fourth-order valence-electron chi connectivity index (χ4n) is 5.20. The molecule has 0 spiro atoms. The Balaban J connectivity index is 1.76. The SMILES string of the molecule is Cc1nc(N[C@H](C)c2cccc(C(C)F)c2F)c2cc(C3(C#N)CCN(C(C)C)CC3)c(C)nc2n1. The number of nitriles is 1. The second-order valence-electron chi connectivity index (χ2n) is 10.2. The highest BCUT2D eigenvalue weighted by Crippen LogP contribution is 2.39. The second kappa shape index (κ2) is 10.1. The first-order valence-corrected chi connectivity index (χ1v) is 12.6. The van der Waals surface area contributed by atoms with Gasteiger partial charge in [0.15, 0.2) is 5.65 Å². The van der Waals surface area contributed by atoms with Gasteiger partial charge in [0.2, 0.25) is 0 Å². The number of benzene rings is 1. The van der Waals surface area contributed by atoms with Crippen molar-refractivity contribution in [2.24, 2.45) is 0 Å². The highest BCUT2D eigenvalue weighted by molar-refractivity contribution is 5.87. The maximum Gasteiger partial charge on any atom is 0.165 e. The summed E-state index contributed by atoms with van der Waals surface area (Å²) in [5, 5.41) is 14.3. The van der Waals surface area contributed by atoms with E-state index >= 15 is 4.39 Å². The maximum absolute atomic E-state index is 15.0. The van der Waals surface area contributed by atoms with Crippen molar-refractivity contribution in [1.82, 2.24) is 19.9 Å². The predicted molar refractivity (Wildman–Crippen MR) is 138 cm³/mol. The van der Waals surface area contributed by atoms with Crippen molar-refractivity contribution in [2.75, 3.05) is 18.4 Å². The van der Waals surface area contributed by atoms with Gasteiger partial charge < -0.3 is 10.2 Å². The lowest BCUT2D eigenvalue weighted by molar-refractivity contribution is 0.150. The lowest BCUT2D eigenvalue weighted by atomic mass is 9.73. The van der Waals surface area contributed by atoms with Crippen molar-refractivity contribution in [2.45, 2.75) is 78.1 Å². The molecule has 0 radical (unpaired) electrons. The molecule has 3 heterocycles. The fraction of sp³-hybridized carbons (Fsp3) is 0.500. The standard InChI is InChI=1S/C28H34F2N6/c1-16(2)36-12-10-28(15-31,11-13-36)24-14-23-26(34-20(6)35-27(23)33-19(24)5)32-18(4)22-9-7-8-21(17(3)29)25(22)30/h7-9,14,16-18H,10-13H2,1-6H3,(H,32,33,34,35)/t17?,18-/m1/s1. The number of pyridine rings is 1. The summed E-state index contributed by atoms with van der Waals surface area (Å²) in [5.74, 6) is 0.492. The number of halogens is 2. The molecule has 8 heteroatoms. The van der Waals surface area contributed by atoms with Gasteiger partial charge in [-0.2, -0.15) is 5.26 Å². The maximum atomic E-state index is 15.0. The normalized spacial score (nSPS) is 17.7. The van der Waals surface area contributed by atoms with E-state index in [0.29, 0.717) is 34.3 Å². The Bertz CT molecular complexity index is 1310. The van der Waals surface area contributed by atoms with Crippen LogP contribution >= 0.6 is 0 Å². The van der Waals surface area contributed by atoms with Crippen LogP contribution in [0.3, 0.4) is 0 Å². The van der Waals surface area contributed by atoms with E-state index in [-0.39, 0.29) is 5.56 Å². The van der Waals surface area contributed by atoms with Crippen molar-refractivity contribution >= 4 is 16.9 Å². The van der Waals surface area contributed by atoms with Crippen LogP contribution in [0.1, 0.15) is 81.0 Å². The third-order valence-corrected chi connectivity index (χ3v) is 7.41. The van der Waals surface area contributed by atoms with Crippen molar-refractivity contribution in [3.63, 3.8) is 0 Å². The van der Waals surface area contributed by atoms with Crippen molar-refractivity contribution in [1.29, 1.82) is 5.26 Å². The van der Waals surface area contributed by atoms with Crippen molar-refractivity contribution in [3.05, 3.63) is 58.3 Å². The highest BCUT2D eigenvalue weighted by Gasteiger charge is 2.39. The molecule has 0 amide bonds. The third kappa shape index (κ3) is 4.77. The molecule has 1 aliphatic heterocycles. The number of hydrogen-bond donors (Lipinski definition) is 1. The third-order valence-electron chi connectivity index (χ3n) is 7.41. The molecule has 3 aromatic rings. The van der Waals surface area contributed by atoms with Gasteiger partial charge in [-0.15, -0.1) is 0 Å². The highest BCUT2D eigenvalue weighted by atomic mass is 19.1. The van der Waals surface area contributed by atoms with Crippen molar-refractivity contribution < 1.29 is 8.78 Å². The molecule has 2 atom stereocenters. The molecule has 6 nitrogen and oxygen atoms in total. The monoisotopic (exact) mass is 492 g/mol. The second-order valence-corrected chi connectivity index (χ2v) is 10.2. The van der Waals surface area contributed by atoms with Crippen LogP contribution in [-0.4, -0.2) is 39.0 Å². The number of aryl methyl sites for hydroxylation is 2. The van der Waals surface area contributed by atoms with Gasteiger partial charge in [0, 0.05) is 36.0 Å². The summed E-state index contributed by atoms with van der Waals surface area (Å²) in [6.45, 7) is 12.9. The Hall–Kier alpha value is -3.18. The topological polar surface area (TPSA) is 77.7 Å².